The molecule has 3 nitrogen and oxygen atoms in total. The first-order valence-electron chi connectivity index (χ1n) is 7.50. The highest BCUT2D eigenvalue weighted by atomic mass is 127. The number of guanidine groups is 1. The van der Waals surface area contributed by atoms with Crippen LogP contribution in [-0.4, -0.2) is 31.8 Å². The highest BCUT2D eigenvalue weighted by Crippen LogP contribution is 2.41. The molecule has 0 spiro atoms. The Bertz CT molecular complexity index is 313. The van der Waals surface area contributed by atoms with Gasteiger partial charge in [0, 0.05) is 19.6 Å². The van der Waals surface area contributed by atoms with Crippen molar-refractivity contribution >= 4 is 29.9 Å². The number of hydrogen-bond donors (Lipinski definition) is 2. The largest absolute Gasteiger partial charge is 0.390 e. The number of nitrogens with one attached hydrogen (secondary N) is 2. The van der Waals surface area contributed by atoms with Gasteiger partial charge < -0.3 is 10.6 Å². The second-order valence-corrected chi connectivity index (χ2v) is 5.55. The lowest BCUT2D eigenvalue weighted by molar-refractivity contribution is -0.132. The Kier molecular flexibility index (Phi) is 9.64. The minimum absolute atomic E-state index is 0. The van der Waals surface area contributed by atoms with Gasteiger partial charge in [0.15, 0.2) is 5.96 Å². The molecule has 1 aliphatic rings. The highest BCUT2D eigenvalue weighted by molar-refractivity contribution is 14.0. The van der Waals surface area contributed by atoms with Crippen LogP contribution >= 0.6 is 24.0 Å². The molecule has 0 amide bonds. The van der Waals surface area contributed by atoms with E-state index in [1.54, 1.807) is 0 Å². The average Bonchev–Trinajstić information content (AvgIpc) is 2.84. The molecule has 1 rings (SSSR count). The van der Waals surface area contributed by atoms with Gasteiger partial charge >= 0.3 is 6.18 Å². The zero-order chi connectivity index (χ0) is 15.1. The van der Waals surface area contributed by atoms with Crippen LogP contribution in [0.1, 0.15) is 52.4 Å². The van der Waals surface area contributed by atoms with Crippen LogP contribution < -0.4 is 10.6 Å². The standard InChI is InChI=1S/C14H26F3N3.HI/c1-3-13(7-5-6-8-13)11-20-12(18-4-2)19-10-9-14(15,16)17;/h3-11H2,1-2H3,(H2,18,19,20);1H. The predicted molar refractivity (Wildman–Crippen MR) is 91.3 cm³/mol. The molecule has 0 atom stereocenters. The Labute approximate surface area is 142 Å². The normalized spacial score (nSPS) is 18.2. The van der Waals surface area contributed by atoms with Crippen LogP contribution in [0.15, 0.2) is 4.99 Å². The molecular formula is C14H27F3IN3. The summed E-state index contributed by atoms with van der Waals surface area (Å²) in [5, 5.41) is 5.77. The van der Waals surface area contributed by atoms with Gasteiger partial charge in [0.05, 0.1) is 6.42 Å². The van der Waals surface area contributed by atoms with E-state index >= 15 is 0 Å². The van der Waals surface area contributed by atoms with E-state index < -0.39 is 12.6 Å². The van der Waals surface area contributed by atoms with Gasteiger partial charge in [0.2, 0.25) is 0 Å². The maximum Gasteiger partial charge on any atom is 0.390 e. The molecule has 0 heterocycles. The van der Waals surface area contributed by atoms with Crippen molar-refractivity contribution in [2.45, 2.75) is 58.5 Å². The molecule has 1 saturated carbocycles. The summed E-state index contributed by atoms with van der Waals surface area (Å²) in [6.45, 7) is 5.30. The van der Waals surface area contributed by atoms with Crippen LogP contribution in [0.25, 0.3) is 0 Å². The average molecular weight is 421 g/mol. The first-order valence-corrected chi connectivity index (χ1v) is 7.50. The maximum atomic E-state index is 12.1. The summed E-state index contributed by atoms with van der Waals surface area (Å²) in [6, 6.07) is 0. The maximum absolute atomic E-state index is 12.1. The van der Waals surface area contributed by atoms with Crippen molar-refractivity contribution in [1.82, 2.24) is 10.6 Å². The van der Waals surface area contributed by atoms with Gasteiger partial charge in [-0.15, -0.1) is 24.0 Å². The van der Waals surface area contributed by atoms with E-state index in [0.29, 0.717) is 19.0 Å². The first-order chi connectivity index (χ1) is 9.41. The van der Waals surface area contributed by atoms with Crippen LogP contribution in [0.2, 0.25) is 0 Å². The lowest BCUT2D eigenvalue weighted by Crippen LogP contribution is -2.39. The van der Waals surface area contributed by atoms with E-state index in [4.69, 9.17) is 0 Å². The molecule has 2 N–H and O–H groups in total. The summed E-state index contributed by atoms with van der Waals surface area (Å²) in [6.07, 6.45) is 0.946. The summed E-state index contributed by atoms with van der Waals surface area (Å²) in [5.41, 5.74) is 0.256. The Hall–Kier alpha value is -0.210. The van der Waals surface area contributed by atoms with E-state index in [2.05, 4.69) is 22.5 Å². The lowest BCUT2D eigenvalue weighted by atomic mass is 9.84. The molecule has 0 radical (unpaired) electrons. The zero-order valence-corrected chi connectivity index (χ0v) is 15.2. The van der Waals surface area contributed by atoms with Crippen LogP contribution in [0.4, 0.5) is 13.2 Å². The topological polar surface area (TPSA) is 36.4 Å². The van der Waals surface area contributed by atoms with Gasteiger partial charge in [-0.05, 0) is 31.6 Å². The van der Waals surface area contributed by atoms with Crippen LogP contribution in [0, 0.1) is 5.41 Å². The summed E-state index contributed by atoms with van der Waals surface area (Å²) in [4.78, 5) is 4.49. The molecule has 1 aliphatic carbocycles. The van der Waals surface area contributed by atoms with E-state index in [-0.39, 0.29) is 35.9 Å². The molecule has 0 saturated heterocycles. The molecule has 0 aliphatic heterocycles. The number of aliphatic imine (C=N–C) groups is 1. The van der Waals surface area contributed by atoms with Gasteiger partial charge in [-0.2, -0.15) is 13.2 Å². The Morgan fingerprint density at radius 2 is 1.76 bits per heavy atom. The molecule has 0 aromatic heterocycles. The molecule has 126 valence electrons. The fourth-order valence-electron chi connectivity index (χ4n) is 2.66. The third-order valence-electron chi connectivity index (χ3n) is 4.03. The van der Waals surface area contributed by atoms with Crippen molar-refractivity contribution < 1.29 is 13.2 Å². The Morgan fingerprint density at radius 1 is 1.14 bits per heavy atom. The van der Waals surface area contributed by atoms with Crippen LogP contribution in [-0.2, 0) is 0 Å². The summed E-state index contributed by atoms with van der Waals surface area (Å²) < 4.78 is 36.4. The number of rotatable bonds is 6. The fourth-order valence-corrected chi connectivity index (χ4v) is 2.66. The summed E-state index contributed by atoms with van der Waals surface area (Å²) in [5.74, 6) is 0.497. The summed E-state index contributed by atoms with van der Waals surface area (Å²) >= 11 is 0. The third kappa shape index (κ3) is 8.11. The third-order valence-corrected chi connectivity index (χ3v) is 4.03. The molecular weight excluding hydrogens is 394 g/mol. The number of halogens is 4. The van der Waals surface area contributed by atoms with Crippen molar-refractivity contribution in [2.75, 3.05) is 19.6 Å². The number of alkyl halides is 3. The molecule has 0 aromatic rings. The minimum atomic E-state index is -4.12. The van der Waals surface area contributed by atoms with Gasteiger partial charge in [-0.3, -0.25) is 4.99 Å². The number of hydrogen-bond acceptors (Lipinski definition) is 1. The second kappa shape index (κ2) is 9.74. The minimum Gasteiger partial charge on any atom is -0.357 e. The monoisotopic (exact) mass is 421 g/mol. The second-order valence-electron chi connectivity index (χ2n) is 5.55. The fraction of sp³-hybridized carbons (Fsp3) is 0.929. The molecule has 0 bridgehead atoms. The van der Waals surface area contributed by atoms with Crippen LogP contribution in [0.5, 0.6) is 0 Å². The van der Waals surface area contributed by atoms with E-state index in [0.717, 1.165) is 6.42 Å². The van der Waals surface area contributed by atoms with Crippen LogP contribution in [0.3, 0.4) is 0 Å². The van der Waals surface area contributed by atoms with E-state index in [1.165, 1.54) is 25.7 Å². The van der Waals surface area contributed by atoms with Crippen molar-refractivity contribution in [1.29, 1.82) is 0 Å². The quantitative estimate of drug-likeness (QED) is 0.385. The summed E-state index contributed by atoms with van der Waals surface area (Å²) in [7, 11) is 0. The zero-order valence-electron chi connectivity index (χ0n) is 12.9. The smallest absolute Gasteiger partial charge is 0.357 e. The lowest BCUT2D eigenvalue weighted by Gasteiger charge is -2.25. The van der Waals surface area contributed by atoms with Crippen molar-refractivity contribution in [3.8, 4) is 0 Å². The Balaban J connectivity index is 0.00000400. The SMILES string of the molecule is CCNC(=NCC1(CC)CCCC1)NCCC(F)(F)F.I. The molecule has 1 fully saturated rings. The molecule has 0 aromatic carbocycles. The van der Waals surface area contributed by atoms with E-state index in [9.17, 15) is 13.2 Å². The van der Waals surface area contributed by atoms with Gasteiger partial charge in [-0.1, -0.05) is 19.8 Å². The molecule has 7 heteroatoms. The van der Waals surface area contributed by atoms with E-state index in [1.807, 2.05) is 6.92 Å². The van der Waals surface area contributed by atoms with Gasteiger partial charge in [-0.25, -0.2) is 0 Å². The van der Waals surface area contributed by atoms with Crippen molar-refractivity contribution in [3.05, 3.63) is 0 Å². The van der Waals surface area contributed by atoms with Gasteiger partial charge in [0.1, 0.15) is 0 Å². The van der Waals surface area contributed by atoms with Gasteiger partial charge in [0.25, 0.3) is 0 Å². The predicted octanol–water partition coefficient (Wildman–Crippen LogP) is 4.08. The number of nitrogens with zero attached hydrogens (tertiary/aromatic N) is 1. The molecule has 21 heavy (non-hydrogen) atoms. The Morgan fingerprint density at radius 3 is 2.24 bits per heavy atom. The van der Waals surface area contributed by atoms with Crippen molar-refractivity contribution in [3.63, 3.8) is 0 Å². The highest BCUT2D eigenvalue weighted by Gasteiger charge is 2.31. The molecule has 0 unspecified atom stereocenters. The first kappa shape index (κ1) is 20.8. The van der Waals surface area contributed by atoms with Crippen molar-refractivity contribution in [2.24, 2.45) is 10.4 Å².